The van der Waals surface area contributed by atoms with Crippen molar-refractivity contribution < 1.29 is 27.5 Å². The Bertz CT molecular complexity index is 1160. The van der Waals surface area contributed by atoms with Crippen LogP contribution in [0.4, 0.5) is 5.00 Å². The fourth-order valence-electron chi connectivity index (χ4n) is 3.71. The van der Waals surface area contributed by atoms with E-state index in [1.54, 1.807) is 13.8 Å². The number of carbonyl (C=O) groups excluding carboxylic acids is 3. The van der Waals surface area contributed by atoms with E-state index in [1.165, 1.54) is 39.9 Å². The molecule has 1 fully saturated rings. The van der Waals surface area contributed by atoms with Gasteiger partial charge in [-0.15, -0.1) is 11.3 Å². The lowest BCUT2D eigenvalue weighted by atomic mass is 9.97. The minimum atomic E-state index is -3.75. The fourth-order valence-corrected chi connectivity index (χ4v) is 6.25. The van der Waals surface area contributed by atoms with Crippen molar-refractivity contribution in [3.05, 3.63) is 45.8 Å². The number of amides is 2. The van der Waals surface area contributed by atoms with Gasteiger partial charge in [0.25, 0.3) is 5.91 Å². The highest BCUT2D eigenvalue weighted by molar-refractivity contribution is 7.89. The number of anilines is 1. The second-order valence-corrected chi connectivity index (χ2v) is 10.9. The largest absolute Gasteiger partial charge is 0.462 e. The third-order valence-electron chi connectivity index (χ3n) is 5.70. The number of hydrogen-bond donors (Lipinski definition) is 2. The van der Waals surface area contributed by atoms with Crippen molar-refractivity contribution >= 4 is 44.1 Å². The van der Waals surface area contributed by atoms with Crippen molar-refractivity contribution in [1.82, 2.24) is 4.31 Å². The normalized spacial score (nSPS) is 15.2. The summed E-state index contributed by atoms with van der Waals surface area (Å²) < 4.78 is 32.2. The molecule has 2 aromatic rings. The van der Waals surface area contributed by atoms with Crippen molar-refractivity contribution in [2.75, 3.05) is 25.0 Å². The van der Waals surface area contributed by atoms with Crippen molar-refractivity contribution in [2.45, 2.75) is 38.5 Å². The molecule has 1 aliphatic heterocycles. The number of sulfonamides is 1. The SMILES string of the molecule is CCOC(=O)c1ccc(S(=O)(=O)N2CCC(C(=O)Nc3sc(C)c(C)c3C(N)=O)CC2)cc1. The molecular weight excluding hydrogens is 466 g/mol. The zero-order chi connectivity index (χ0) is 24.3. The Kier molecular flexibility index (Phi) is 7.55. The predicted molar refractivity (Wildman–Crippen MR) is 125 cm³/mol. The fraction of sp³-hybridized carbons (Fsp3) is 0.409. The monoisotopic (exact) mass is 493 g/mol. The summed E-state index contributed by atoms with van der Waals surface area (Å²) in [6.45, 7) is 5.93. The molecule has 0 aliphatic carbocycles. The van der Waals surface area contributed by atoms with Gasteiger partial charge in [0, 0.05) is 23.9 Å². The van der Waals surface area contributed by atoms with E-state index >= 15 is 0 Å². The first-order valence-electron chi connectivity index (χ1n) is 10.5. The topological polar surface area (TPSA) is 136 Å². The van der Waals surface area contributed by atoms with E-state index in [1.807, 2.05) is 6.92 Å². The van der Waals surface area contributed by atoms with Crippen LogP contribution in [0.3, 0.4) is 0 Å². The Morgan fingerprint density at radius 2 is 1.76 bits per heavy atom. The van der Waals surface area contributed by atoms with Crippen molar-refractivity contribution in [3.8, 4) is 0 Å². The first-order valence-corrected chi connectivity index (χ1v) is 12.8. The molecule has 178 valence electrons. The predicted octanol–water partition coefficient (Wildman–Crippen LogP) is 2.68. The van der Waals surface area contributed by atoms with Gasteiger partial charge in [-0.25, -0.2) is 13.2 Å². The molecule has 0 radical (unpaired) electrons. The van der Waals surface area contributed by atoms with Gasteiger partial charge in [0.1, 0.15) is 5.00 Å². The van der Waals surface area contributed by atoms with Gasteiger partial charge < -0.3 is 15.8 Å². The molecule has 1 aromatic carbocycles. The first-order chi connectivity index (χ1) is 15.6. The van der Waals surface area contributed by atoms with Crippen LogP contribution < -0.4 is 11.1 Å². The maximum Gasteiger partial charge on any atom is 0.338 e. The summed E-state index contributed by atoms with van der Waals surface area (Å²) in [6.07, 6.45) is 0.697. The molecule has 11 heteroatoms. The summed E-state index contributed by atoms with van der Waals surface area (Å²) in [5.74, 6) is -1.74. The molecule has 0 atom stereocenters. The van der Waals surface area contributed by atoms with E-state index in [9.17, 15) is 22.8 Å². The molecule has 0 spiro atoms. The summed E-state index contributed by atoms with van der Waals surface area (Å²) in [7, 11) is -3.75. The van der Waals surface area contributed by atoms with Gasteiger partial charge in [-0.3, -0.25) is 9.59 Å². The number of hydrogen-bond acceptors (Lipinski definition) is 7. The number of nitrogens with one attached hydrogen (secondary N) is 1. The number of ether oxygens (including phenoxy) is 1. The number of nitrogens with zero attached hydrogens (tertiary/aromatic N) is 1. The van der Waals surface area contributed by atoms with E-state index in [2.05, 4.69) is 5.32 Å². The van der Waals surface area contributed by atoms with Crippen LogP contribution in [-0.4, -0.2) is 50.2 Å². The van der Waals surface area contributed by atoms with Crippen LogP contribution in [0.15, 0.2) is 29.2 Å². The summed E-state index contributed by atoms with van der Waals surface area (Å²) >= 11 is 1.30. The van der Waals surface area contributed by atoms with Gasteiger partial charge in [0.05, 0.1) is 22.6 Å². The standard InChI is InChI=1S/C22H27N3O6S2/c1-4-31-22(28)16-5-7-17(8-6-16)33(29,30)25-11-9-15(10-12-25)20(27)24-21-18(19(23)26)13(2)14(3)32-21/h5-8,15H,4,9-12H2,1-3H3,(H2,23,26)(H,24,27). The number of primary amides is 1. The van der Waals surface area contributed by atoms with Crippen LogP contribution in [0.25, 0.3) is 0 Å². The van der Waals surface area contributed by atoms with Gasteiger partial charge in [0.15, 0.2) is 0 Å². The quantitative estimate of drug-likeness (QED) is 0.569. The molecule has 33 heavy (non-hydrogen) atoms. The Morgan fingerprint density at radius 3 is 2.30 bits per heavy atom. The lowest BCUT2D eigenvalue weighted by Crippen LogP contribution is -2.41. The molecule has 1 aromatic heterocycles. The molecule has 2 heterocycles. The summed E-state index contributed by atoms with van der Waals surface area (Å²) in [4.78, 5) is 37.3. The number of nitrogens with two attached hydrogens (primary N) is 1. The number of rotatable bonds is 7. The molecule has 3 N–H and O–H groups in total. The molecular formula is C22H27N3O6S2. The highest BCUT2D eigenvalue weighted by Gasteiger charge is 2.33. The lowest BCUT2D eigenvalue weighted by Gasteiger charge is -2.30. The molecule has 0 bridgehead atoms. The van der Waals surface area contributed by atoms with Crippen LogP contribution in [0.5, 0.6) is 0 Å². The molecule has 0 unspecified atom stereocenters. The molecule has 2 amide bonds. The number of esters is 1. The van der Waals surface area contributed by atoms with Crippen LogP contribution in [-0.2, 0) is 19.6 Å². The smallest absolute Gasteiger partial charge is 0.338 e. The van der Waals surface area contributed by atoms with Gasteiger partial charge >= 0.3 is 5.97 Å². The maximum atomic E-state index is 13.0. The minimum absolute atomic E-state index is 0.0779. The Labute approximate surface area is 197 Å². The maximum absolute atomic E-state index is 13.0. The lowest BCUT2D eigenvalue weighted by molar-refractivity contribution is -0.120. The van der Waals surface area contributed by atoms with Crippen LogP contribution >= 0.6 is 11.3 Å². The van der Waals surface area contributed by atoms with Gasteiger partial charge in [-0.2, -0.15) is 4.31 Å². The van der Waals surface area contributed by atoms with Gasteiger partial charge in [-0.1, -0.05) is 0 Å². The van der Waals surface area contributed by atoms with Gasteiger partial charge in [-0.05, 0) is 63.4 Å². The zero-order valence-electron chi connectivity index (χ0n) is 18.7. The summed E-state index contributed by atoms with van der Waals surface area (Å²) in [6, 6.07) is 5.61. The van der Waals surface area contributed by atoms with Crippen molar-refractivity contribution in [3.63, 3.8) is 0 Å². The zero-order valence-corrected chi connectivity index (χ0v) is 20.3. The molecule has 1 saturated heterocycles. The Balaban J connectivity index is 1.64. The summed E-state index contributed by atoms with van der Waals surface area (Å²) in [5.41, 5.74) is 6.81. The van der Waals surface area contributed by atoms with E-state index in [4.69, 9.17) is 10.5 Å². The Hall–Kier alpha value is -2.76. The highest BCUT2D eigenvalue weighted by Crippen LogP contribution is 2.33. The third kappa shape index (κ3) is 5.26. The van der Waals surface area contributed by atoms with E-state index in [-0.39, 0.29) is 42.0 Å². The first kappa shape index (κ1) is 24.9. The van der Waals surface area contributed by atoms with E-state index in [0.717, 1.165) is 10.4 Å². The second kappa shape index (κ2) is 10.0. The number of thiophene rings is 1. The number of aryl methyl sites for hydroxylation is 1. The number of piperidine rings is 1. The van der Waals surface area contributed by atoms with Crippen LogP contribution in [0.1, 0.15) is 50.9 Å². The second-order valence-electron chi connectivity index (χ2n) is 7.76. The molecule has 0 saturated carbocycles. The Morgan fingerprint density at radius 1 is 1.15 bits per heavy atom. The van der Waals surface area contributed by atoms with E-state index < -0.39 is 21.9 Å². The van der Waals surface area contributed by atoms with E-state index in [0.29, 0.717) is 23.4 Å². The number of benzene rings is 1. The summed E-state index contributed by atoms with van der Waals surface area (Å²) in [5, 5.41) is 3.23. The van der Waals surface area contributed by atoms with Crippen molar-refractivity contribution in [1.29, 1.82) is 0 Å². The molecule has 3 rings (SSSR count). The average molecular weight is 494 g/mol. The van der Waals surface area contributed by atoms with Crippen molar-refractivity contribution in [2.24, 2.45) is 11.7 Å². The molecule has 9 nitrogen and oxygen atoms in total. The average Bonchev–Trinajstić information content (AvgIpc) is 3.07. The number of carbonyl (C=O) groups is 3. The highest BCUT2D eigenvalue weighted by atomic mass is 32.2. The van der Waals surface area contributed by atoms with Crippen LogP contribution in [0.2, 0.25) is 0 Å². The van der Waals surface area contributed by atoms with Crippen LogP contribution in [0, 0.1) is 19.8 Å². The molecule has 1 aliphatic rings. The third-order valence-corrected chi connectivity index (χ3v) is 8.73. The minimum Gasteiger partial charge on any atom is -0.462 e. The van der Waals surface area contributed by atoms with Gasteiger partial charge in [0.2, 0.25) is 15.9 Å².